The van der Waals surface area contributed by atoms with Crippen LogP contribution < -0.4 is 4.74 Å². The van der Waals surface area contributed by atoms with Crippen molar-refractivity contribution in [2.24, 2.45) is 5.92 Å². The van der Waals surface area contributed by atoms with Gasteiger partial charge in [-0.25, -0.2) is 8.78 Å². The van der Waals surface area contributed by atoms with Crippen LogP contribution in [0, 0.1) is 23.4 Å². The molecule has 3 aromatic carbocycles. The molecular formula is C38H45F3O. The van der Waals surface area contributed by atoms with Gasteiger partial charge in [-0.05, 0) is 91.8 Å². The summed E-state index contributed by atoms with van der Waals surface area (Å²) in [5.74, 6) is -1.48. The van der Waals surface area contributed by atoms with Crippen LogP contribution in [0.4, 0.5) is 13.2 Å². The number of hydrogen-bond acceptors (Lipinski definition) is 1. The van der Waals surface area contributed by atoms with Crippen LogP contribution in [-0.2, 0) is 0 Å². The summed E-state index contributed by atoms with van der Waals surface area (Å²) >= 11 is 0. The summed E-state index contributed by atoms with van der Waals surface area (Å²) in [5.41, 5.74) is 4.07. The maximum absolute atomic E-state index is 15.2. The van der Waals surface area contributed by atoms with E-state index in [9.17, 15) is 8.78 Å². The van der Waals surface area contributed by atoms with Crippen molar-refractivity contribution in [3.8, 4) is 28.0 Å². The van der Waals surface area contributed by atoms with Gasteiger partial charge in [0, 0.05) is 11.1 Å². The van der Waals surface area contributed by atoms with E-state index in [1.54, 1.807) is 24.3 Å². The van der Waals surface area contributed by atoms with E-state index >= 15 is 4.39 Å². The molecule has 1 nitrogen and oxygen atoms in total. The summed E-state index contributed by atoms with van der Waals surface area (Å²) in [4.78, 5) is 0. The number of halogens is 3. The highest BCUT2D eigenvalue weighted by atomic mass is 19.2. The van der Waals surface area contributed by atoms with Crippen LogP contribution in [-0.4, -0.2) is 6.61 Å². The molecule has 0 aromatic heterocycles. The highest BCUT2D eigenvalue weighted by molar-refractivity contribution is 5.74. The highest BCUT2D eigenvalue weighted by Crippen LogP contribution is 2.36. The first kappa shape index (κ1) is 31.7. The third-order valence-electron chi connectivity index (χ3n) is 8.39. The summed E-state index contributed by atoms with van der Waals surface area (Å²) in [5, 5.41) is 0. The number of unbranched alkanes of at least 4 members (excludes halogenated alkanes) is 6. The van der Waals surface area contributed by atoms with E-state index in [1.165, 1.54) is 38.2 Å². The van der Waals surface area contributed by atoms with Gasteiger partial charge in [0.15, 0.2) is 11.6 Å². The number of hydrogen-bond donors (Lipinski definition) is 0. The summed E-state index contributed by atoms with van der Waals surface area (Å²) in [6, 6.07) is 15.6. The second-order valence-corrected chi connectivity index (χ2v) is 11.5. The number of allylic oxidation sites excluding steroid dienone is 4. The van der Waals surface area contributed by atoms with Gasteiger partial charge in [-0.1, -0.05) is 100 Å². The SMILES string of the molecule is C/C=C/CCC1CC=C(c2ccc(-c3ccc(-c4ccc(OCCCCCCCCC)c(F)c4F)cc3)cc2F)CC1. The maximum Gasteiger partial charge on any atom is 0.201 e. The number of benzene rings is 3. The van der Waals surface area contributed by atoms with Crippen LogP contribution in [0.25, 0.3) is 27.8 Å². The smallest absolute Gasteiger partial charge is 0.201 e. The van der Waals surface area contributed by atoms with Crippen molar-refractivity contribution in [2.45, 2.75) is 90.9 Å². The normalized spacial score (nSPS) is 15.3. The lowest BCUT2D eigenvalue weighted by Crippen LogP contribution is -2.06. The van der Waals surface area contributed by atoms with E-state index in [4.69, 9.17) is 4.74 Å². The van der Waals surface area contributed by atoms with Gasteiger partial charge < -0.3 is 4.74 Å². The minimum Gasteiger partial charge on any atom is -0.490 e. The Labute approximate surface area is 250 Å². The molecule has 0 N–H and O–H groups in total. The molecule has 4 heteroatoms. The van der Waals surface area contributed by atoms with Gasteiger partial charge in [0.25, 0.3) is 0 Å². The maximum atomic E-state index is 15.2. The Morgan fingerprint density at radius 2 is 1.48 bits per heavy atom. The van der Waals surface area contributed by atoms with Crippen molar-refractivity contribution in [2.75, 3.05) is 6.61 Å². The first-order valence-electron chi connectivity index (χ1n) is 15.8. The predicted molar refractivity (Wildman–Crippen MR) is 170 cm³/mol. The number of rotatable bonds is 15. The Bertz CT molecular complexity index is 1340. The van der Waals surface area contributed by atoms with Gasteiger partial charge >= 0.3 is 0 Å². The molecule has 4 rings (SSSR count). The molecule has 0 amide bonds. The molecular weight excluding hydrogens is 529 g/mol. The van der Waals surface area contributed by atoms with Gasteiger partial charge in [-0.3, -0.25) is 0 Å². The molecule has 0 heterocycles. The first-order valence-corrected chi connectivity index (χ1v) is 15.8. The van der Waals surface area contributed by atoms with Crippen molar-refractivity contribution < 1.29 is 17.9 Å². The van der Waals surface area contributed by atoms with E-state index < -0.39 is 11.6 Å². The fourth-order valence-corrected chi connectivity index (χ4v) is 5.80. The van der Waals surface area contributed by atoms with Crippen molar-refractivity contribution in [3.05, 3.63) is 95.8 Å². The molecule has 0 aliphatic heterocycles. The largest absolute Gasteiger partial charge is 0.490 e. The Kier molecular flexibility index (Phi) is 12.4. The number of ether oxygens (including phenoxy) is 1. The Morgan fingerprint density at radius 1 is 0.786 bits per heavy atom. The van der Waals surface area contributed by atoms with E-state index in [2.05, 4.69) is 25.2 Å². The quantitative estimate of drug-likeness (QED) is 0.130. The zero-order valence-corrected chi connectivity index (χ0v) is 25.2. The van der Waals surface area contributed by atoms with Gasteiger partial charge in [-0.15, -0.1) is 0 Å². The van der Waals surface area contributed by atoms with Crippen molar-refractivity contribution in [3.63, 3.8) is 0 Å². The average Bonchev–Trinajstić information content (AvgIpc) is 3.01. The second-order valence-electron chi connectivity index (χ2n) is 11.5. The van der Waals surface area contributed by atoms with Gasteiger partial charge in [0.1, 0.15) is 5.82 Å². The molecule has 0 bridgehead atoms. The Balaban J connectivity index is 1.35. The summed E-state index contributed by atoms with van der Waals surface area (Å²) in [7, 11) is 0. The van der Waals surface area contributed by atoms with E-state index in [-0.39, 0.29) is 17.1 Å². The monoisotopic (exact) mass is 574 g/mol. The van der Waals surface area contributed by atoms with Crippen molar-refractivity contribution in [1.29, 1.82) is 0 Å². The highest BCUT2D eigenvalue weighted by Gasteiger charge is 2.18. The minimum absolute atomic E-state index is 0.0494. The molecule has 1 aliphatic carbocycles. The topological polar surface area (TPSA) is 9.23 Å². The minimum atomic E-state index is -0.960. The molecule has 0 saturated carbocycles. The van der Waals surface area contributed by atoms with Gasteiger partial charge in [0.2, 0.25) is 5.82 Å². The van der Waals surface area contributed by atoms with Crippen LogP contribution in [0.2, 0.25) is 0 Å². The zero-order chi connectivity index (χ0) is 29.7. The predicted octanol–water partition coefficient (Wildman–Crippen LogP) is 12.1. The Morgan fingerprint density at radius 3 is 2.17 bits per heavy atom. The van der Waals surface area contributed by atoms with Crippen LogP contribution in [0.1, 0.15) is 96.5 Å². The molecule has 42 heavy (non-hydrogen) atoms. The van der Waals surface area contributed by atoms with E-state index in [0.717, 1.165) is 61.6 Å². The zero-order valence-electron chi connectivity index (χ0n) is 25.2. The van der Waals surface area contributed by atoms with Crippen molar-refractivity contribution in [1.82, 2.24) is 0 Å². The fourth-order valence-electron chi connectivity index (χ4n) is 5.80. The molecule has 0 fully saturated rings. The average molecular weight is 575 g/mol. The van der Waals surface area contributed by atoms with E-state index in [0.29, 0.717) is 23.7 Å². The van der Waals surface area contributed by atoms with Crippen LogP contribution in [0.3, 0.4) is 0 Å². The molecule has 0 radical (unpaired) electrons. The third kappa shape index (κ3) is 8.63. The molecule has 0 spiro atoms. The molecule has 1 aliphatic rings. The molecule has 1 atom stereocenters. The van der Waals surface area contributed by atoms with Crippen LogP contribution in [0.5, 0.6) is 5.75 Å². The fraction of sp³-hybridized carbons (Fsp3) is 0.421. The second kappa shape index (κ2) is 16.4. The molecule has 1 unspecified atom stereocenters. The van der Waals surface area contributed by atoms with Crippen LogP contribution in [0.15, 0.2) is 72.8 Å². The standard InChI is InChI=1S/C38H45F3O/c1-3-5-7-8-9-10-12-26-42-36-25-24-34(37(40)38(36)41)31-20-18-29(19-21-31)32-22-23-33(35(39)27-32)30-16-14-28(15-17-30)13-11-6-4-2/h4,6,16,18-25,27-28H,3,5,7-15,17,26H2,1-2H3/b6-4+. The lowest BCUT2D eigenvalue weighted by Gasteiger charge is -2.22. The molecule has 3 aromatic rings. The molecule has 0 saturated heterocycles. The molecule has 224 valence electrons. The van der Waals surface area contributed by atoms with Gasteiger partial charge in [-0.2, -0.15) is 4.39 Å². The van der Waals surface area contributed by atoms with Crippen LogP contribution >= 0.6 is 0 Å². The lowest BCUT2D eigenvalue weighted by atomic mass is 9.84. The van der Waals surface area contributed by atoms with Gasteiger partial charge in [0.05, 0.1) is 6.61 Å². The third-order valence-corrected chi connectivity index (χ3v) is 8.39. The summed E-state index contributed by atoms with van der Waals surface area (Å²) < 4.78 is 50.5. The van der Waals surface area contributed by atoms with Crippen molar-refractivity contribution >= 4 is 5.57 Å². The van der Waals surface area contributed by atoms with E-state index in [1.807, 2.05) is 31.2 Å². The lowest BCUT2D eigenvalue weighted by molar-refractivity contribution is 0.285. The summed E-state index contributed by atoms with van der Waals surface area (Å²) in [6.45, 7) is 4.62. The summed E-state index contributed by atoms with van der Waals surface area (Å²) in [6.07, 6.45) is 19.7. The Hall–Kier alpha value is -3.27. The first-order chi connectivity index (χ1) is 20.5.